The number of nitrogens with zero attached hydrogens (tertiary/aromatic N) is 2. The van der Waals surface area contributed by atoms with Gasteiger partial charge in [-0.2, -0.15) is 4.98 Å². The van der Waals surface area contributed by atoms with Gasteiger partial charge in [0.1, 0.15) is 24.8 Å². The summed E-state index contributed by atoms with van der Waals surface area (Å²) in [7, 11) is 0. The molecule has 1 aliphatic rings. The van der Waals surface area contributed by atoms with E-state index < -0.39 is 30.1 Å². The molecule has 1 unspecified atom stereocenters. The lowest BCUT2D eigenvalue weighted by Crippen LogP contribution is -2.29. The Morgan fingerprint density at radius 2 is 2.12 bits per heavy atom. The van der Waals surface area contributed by atoms with Gasteiger partial charge in [-0.15, -0.1) is 0 Å². The summed E-state index contributed by atoms with van der Waals surface area (Å²) in [6, 6.07) is 10.00. The van der Waals surface area contributed by atoms with E-state index in [0.717, 1.165) is 0 Å². The standard InChI is InChI=1S/C16H17N3O5/c17-13-6-7-19(16(22)18-13)14-8-11(20)12(24-14)9-23-15(21)10-4-2-1-3-5-10/h1-7,11-12,14,20H,8-9H2,(H2,17,18,22)/t11?,12-,14-/m1/s1. The van der Waals surface area contributed by atoms with E-state index in [4.69, 9.17) is 15.2 Å². The van der Waals surface area contributed by atoms with Crippen molar-refractivity contribution in [3.63, 3.8) is 0 Å². The molecule has 1 fully saturated rings. The van der Waals surface area contributed by atoms with Crippen LogP contribution >= 0.6 is 0 Å². The summed E-state index contributed by atoms with van der Waals surface area (Å²) in [6.45, 7) is -0.109. The third-order valence-corrected chi connectivity index (χ3v) is 3.75. The molecule has 3 rings (SSSR count). The molecule has 0 aliphatic carbocycles. The van der Waals surface area contributed by atoms with E-state index in [-0.39, 0.29) is 18.8 Å². The predicted octanol–water partition coefficient (Wildman–Crippen LogP) is 0.331. The molecule has 1 aromatic heterocycles. The Hall–Kier alpha value is -2.71. The number of hydrogen-bond donors (Lipinski definition) is 2. The highest BCUT2D eigenvalue weighted by Gasteiger charge is 2.36. The van der Waals surface area contributed by atoms with Crippen LogP contribution in [0.1, 0.15) is 23.0 Å². The fourth-order valence-corrected chi connectivity index (χ4v) is 2.50. The van der Waals surface area contributed by atoms with E-state index in [2.05, 4.69) is 4.98 Å². The van der Waals surface area contributed by atoms with E-state index >= 15 is 0 Å². The van der Waals surface area contributed by atoms with Gasteiger partial charge in [0, 0.05) is 12.6 Å². The number of rotatable bonds is 4. The Bertz CT molecular complexity index is 777. The quantitative estimate of drug-likeness (QED) is 0.775. The summed E-state index contributed by atoms with van der Waals surface area (Å²) in [4.78, 5) is 27.3. The molecule has 1 aliphatic heterocycles. The molecule has 0 amide bonds. The van der Waals surface area contributed by atoms with Crippen molar-refractivity contribution >= 4 is 11.8 Å². The van der Waals surface area contributed by atoms with Crippen molar-refractivity contribution in [1.29, 1.82) is 0 Å². The molecule has 3 N–H and O–H groups in total. The second-order valence-corrected chi connectivity index (χ2v) is 5.44. The van der Waals surface area contributed by atoms with Crippen LogP contribution < -0.4 is 11.4 Å². The normalized spacial score (nSPS) is 23.1. The number of benzene rings is 1. The fraction of sp³-hybridized carbons (Fsp3) is 0.312. The topological polar surface area (TPSA) is 117 Å². The van der Waals surface area contributed by atoms with E-state index in [1.54, 1.807) is 30.3 Å². The number of anilines is 1. The lowest BCUT2D eigenvalue weighted by Gasteiger charge is -2.16. The molecular weight excluding hydrogens is 314 g/mol. The number of nitrogen functional groups attached to an aromatic ring is 1. The summed E-state index contributed by atoms with van der Waals surface area (Å²) < 4.78 is 12.0. The van der Waals surface area contributed by atoms with Gasteiger partial charge in [-0.25, -0.2) is 9.59 Å². The second-order valence-electron chi connectivity index (χ2n) is 5.44. The minimum absolute atomic E-state index is 0.109. The first-order valence-electron chi connectivity index (χ1n) is 7.45. The van der Waals surface area contributed by atoms with Crippen molar-refractivity contribution in [3.05, 3.63) is 58.6 Å². The number of hydrogen-bond acceptors (Lipinski definition) is 7. The molecule has 0 bridgehead atoms. The van der Waals surface area contributed by atoms with Gasteiger partial charge in [-0.1, -0.05) is 18.2 Å². The number of carbonyl (C=O) groups is 1. The SMILES string of the molecule is Nc1ccn([C@H]2CC(O)[C@@H](COC(=O)c3ccccc3)O2)c(=O)n1. The lowest BCUT2D eigenvalue weighted by molar-refractivity contribution is -0.0531. The zero-order chi connectivity index (χ0) is 17.1. The number of nitrogens with two attached hydrogens (primary N) is 1. The Kier molecular flexibility index (Phi) is 4.59. The Morgan fingerprint density at radius 3 is 2.83 bits per heavy atom. The number of carbonyl (C=O) groups excluding carboxylic acids is 1. The van der Waals surface area contributed by atoms with Gasteiger partial charge in [0.2, 0.25) is 0 Å². The number of aliphatic hydroxyl groups is 1. The highest BCUT2D eigenvalue weighted by Crippen LogP contribution is 2.28. The van der Waals surface area contributed by atoms with Crippen LogP contribution in [-0.4, -0.2) is 39.4 Å². The van der Waals surface area contributed by atoms with Crippen molar-refractivity contribution in [2.75, 3.05) is 12.3 Å². The molecule has 8 heteroatoms. The summed E-state index contributed by atoms with van der Waals surface area (Å²) >= 11 is 0. The lowest BCUT2D eigenvalue weighted by atomic mass is 10.2. The molecular formula is C16H17N3O5. The van der Waals surface area contributed by atoms with E-state index in [0.29, 0.717) is 5.56 Å². The number of esters is 1. The first-order chi connectivity index (χ1) is 11.5. The van der Waals surface area contributed by atoms with Crippen LogP contribution in [-0.2, 0) is 9.47 Å². The molecule has 2 aromatic rings. The van der Waals surface area contributed by atoms with Gasteiger partial charge >= 0.3 is 11.7 Å². The van der Waals surface area contributed by atoms with Crippen LogP contribution in [0.5, 0.6) is 0 Å². The molecule has 0 saturated carbocycles. The van der Waals surface area contributed by atoms with Crippen LogP contribution in [0.4, 0.5) is 5.82 Å². The van der Waals surface area contributed by atoms with Crippen LogP contribution in [0.2, 0.25) is 0 Å². The van der Waals surface area contributed by atoms with Gasteiger partial charge in [-0.3, -0.25) is 4.57 Å². The zero-order valence-electron chi connectivity index (χ0n) is 12.7. The molecule has 0 radical (unpaired) electrons. The Morgan fingerprint density at radius 1 is 1.38 bits per heavy atom. The van der Waals surface area contributed by atoms with Crippen LogP contribution in [0.25, 0.3) is 0 Å². The summed E-state index contributed by atoms with van der Waals surface area (Å²) in [5.74, 6) is -0.385. The first kappa shape index (κ1) is 16.2. The van der Waals surface area contributed by atoms with Gasteiger partial charge in [0.05, 0.1) is 11.7 Å². The molecule has 0 spiro atoms. The predicted molar refractivity (Wildman–Crippen MR) is 84.2 cm³/mol. The molecule has 1 aromatic carbocycles. The van der Waals surface area contributed by atoms with Gasteiger partial charge in [0.25, 0.3) is 0 Å². The largest absolute Gasteiger partial charge is 0.459 e. The Balaban J connectivity index is 1.62. The van der Waals surface area contributed by atoms with E-state index in [9.17, 15) is 14.7 Å². The summed E-state index contributed by atoms with van der Waals surface area (Å²) in [5.41, 5.74) is 5.30. The van der Waals surface area contributed by atoms with Crippen LogP contribution in [0, 0.1) is 0 Å². The number of aliphatic hydroxyl groups excluding tert-OH is 1. The highest BCUT2D eigenvalue weighted by atomic mass is 16.6. The van der Waals surface area contributed by atoms with Crippen LogP contribution in [0.3, 0.4) is 0 Å². The third kappa shape index (κ3) is 3.44. The average molecular weight is 331 g/mol. The number of aromatic nitrogens is 2. The van der Waals surface area contributed by atoms with E-state index in [1.165, 1.54) is 16.8 Å². The maximum absolute atomic E-state index is 11.9. The maximum atomic E-state index is 11.9. The molecule has 1 saturated heterocycles. The molecule has 8 nitrogen and oxygen atoms in total. The fourth-order valence-electron chi connectivity index (χ4n) is 2.50. The van der Waals surface area contributed by atoms with Crippen molar-refractivity contribution < 1.29 is 19.4 Å². The van der Waals surface area contributed by atoms with Gasteiger partial charge < -0.3 is 20.3 Å². The van der Waals surface area contributed by atoms with Crippen molar-refractivity contribution in [2.24, 2.45) is 0 Å². The van der Waals surface area contributed by atoms with Crippen LogP contribution in [0.15, 0.2) is 47.4 Å². The summed E-state index contributed by atoms with van der Waals surface area (Å²) in [5, 5.41) is 10.1. The molecule has 2 heterocycles. The molecule has 126 valence electrons. The summed E-state index contributed by atoms with van der Waals surface area (Å²) in [6.07, 6.45) is -0.601. The molecule has 24 heavy (non-hydrogen) atoms. The first-order valence-corrected chi connectivity index (χ1v) is 7.45. The third-order valence-electron chi connectivity index (χ3n) is 3.75. The second kappa shape index (κ2) is 6.81. The van der Waals surface area contributed by atoms with Gasteiger partial charge in [-0.05, 0) is 18.2 Å². The minimum atomic E-state index is -0.858. The number of ether oxygens (including phenoxy) is 2. The van der Waals surface area contributed by atoms with Crippen molar-refractivity contribution in [1.82, 2.24) is 9.55 Å². The molecule has 3 atom stereocenters. The highest BCUT2D eigenvalue weighted by molar-refractivity contribution is 5.89. The minimum Gasteiger partial charge on any atom is -0.459 e. The monoisotopic (exact) mass is 331 g/mol. The van der Waals surface area contributed by atoms with Gasteiger partial charge in [0.15, 0.2) is 0 Å². The van der Waals surface area contributed by atoms with Crippen molar-refractivity contribution in [2.45, 2.75) is 24.9 Å². The zero-order valence-corrected chi connectivity index (χ0v) is 12.7. The maximum Gasteiger partial charge on any atom is 0.351 e. The average Bonchev–Trinajstić information content (AvgIpc) is 2.94. The smallest absolute Gasteiger partial charge is 0.351 e. The Labute approximate surface area is 137 Å². The van der Waals surface area contributed by atoms with Crippen molar-refractivity contribution in [3.8, 4) is 0 Å². The van der Waals surface area contributed by atoms with E-state index in [1.807, 2.05) is 0 Å².